The third kappa shape index (κ3) is 2.89. The van der Waals surface area contributed by atoms with E-state index in [1.807, 2.05) is 6.20 Å². The van der Waals surface area contributed by atoms with Crippen molar-refractivity contribution < 1.29 is 9.53 Å². The molecule has 0 N–H and O–H groups in total. The highest BCUT2D eigenvalue weighted by Crippen LogP contribution is 2.24. The molecule has 0 amide bonds. The Hall–Kier alpha value is -1.98. The first-order valence-corrected chi connectivity index (χ1v) is 6.45. The average molecular weight is 262 g/mol. The molecule has 1 atom stereocenters. The minimum Gasteiger partial charge on any atom is -0.465 e. The maximum Gasteiger partial charge on any atom is 0.316 e. The number of nitrogens with zero attached hydrogens (tertiary/aromatic N) is 4. The average Bonchev–Trinajstić information content (AvgIpc) is 2.79. The second kappa shape index (κ2) is 5.77. The highest BCUT2D eigenvalue weighted by Gasteiger charge is 2.28. The number of ether oxygens (including phenoxy) is 1. The fraction of sp³-hybridized carbons (Fsp3) is 0.538. The van der Waals surface area contributed by atoms with Crippen molar-refractivity contribution in [3.05, 3.63) is 24.3 Å². The van der Waals surface area contributed by atoms with Crippen LogP contribution in [-0.2, 0) is 9.53 Å². The Labute approximate surface area is 111 Å². The predicted molar refractivity (Wildman–Crippen MR) is 69.6 cm³/mol. The van der Waals surface area contributed by atoms with Crippen LogP contribution in [0.4, 0.5) is 0 Å². The number of esters is 1. The van der Waals surface area contributed by atoms with Crippen molar-refractivity contribution in [2.24, 2.45) is 5.92 Å². The van der Waals surface area contributed by atoms with E-state index in [9.17, 15) is 4.79 Å². The first kappa shape index (κ1) is 13.5. The zero-order chi connectivity index (χ0) is 13.8. The highest BCUT2D eigenvalue weighted by molar-refractivity contribution is 5.77. The first-order chi connectivity index (χ1) is 9.13. The van der Waals surface area contributed by atoms with Gasteiger partial charge in [-0.25, -0.2) is 4.98 Å². The van der Waals surface area contributed by atoms with Crippen molar-refractivity contribution in [1.82, 2.24) is 19.6 Å². The molecule has 0 saturated carbocycles. The van der Waals surface area contributed by atoms with Gasteiger partial charge in [0.25, 0.3) is 5.78 Å². The monoisotopic (exact) mass is 262 g/mol. The Morgan fingerprint density at radius 1 is 1.42 bits per heavy atom. The molecule has 2 heterocycles. The summed E-state index contributed by atoms with van der Waals surface area (Å²) in [6, 6.07) is 1.79. The molecule has 2 rings (SSSR count). The molecule has 0 aromatic carbocycles. The van der Waals surface area contributed by atoms with Gasteiger partial charge in [-0.15, -0.1) is 10.2 Å². The van der Waals surface area contributed by atoms with Crippen molar-refractivity contribution in [3.8, 4) is 0 Å². The lowest BCUT2D eigenvalue weighted by atomic mass is 9.96. The number of fused-ring (bicyclic) bond motifs is 1. The summed E-state index contributed by atoms with van der Waals surface area (Å²) in [6.07, 6.45) is 4.13. The summed E-state index contributed by atoms with van der Waals surface area (Å²) in [5.74, 6) is 0.790. The minimum absolute atomic E-state index is 0.255. The SMILES string of the molecule is CCOC(=O)C(CC(C)C)c1nnc2ncccn12. The van der Waals surface area contributed by atoms with Gasteiger partial charge >= 0.3 is 5.97 Å². The molecule has 0 saturated heterocycles. The Morgan fingerprint density at radius 2 is 2.21 bits per heavy atom. The fourth-order valence-corrected chi connectivity index (χ4v) is 2.02. The fourth-order valence-electron chi connectivity index (χ4n) is 2.02. The van der Waals surface area contributed by atoms with Gasteiger partial charge < -0.3 is 4.74 Å². The zero-order valence-electron chi connectivity index (χ0n) is 11.4. The van der Waals surface area contributed by atoms with Gasteiger partial charge in [0.2, 0.25) is 0 Å². The molecule has 6 heteroatoms. The maximum atomic E-state index is 12.1. The van der Waals surface area contributed by atoms with E-state index in [1.165, 1.54) is 0 Å². The summed E-state index contributed by atoms with van der Waals surface area (Å²) in [5.41, 5.74) is 0. The molecule has 1 unspecified atom stereocenters. The van der Waals surface area contributed by atoms with Crippen molar-refractivity contribution >= 4 is 11.7 Å². The molecule has 0 spiro atoms. The smallest absolute Gasteiger partial charge is 0.316 e. The summed E-state index contributed by atoms with van der Waals surface area (Å²) in [4.78, 5) is 16.2. The van der Waals surface area contributed by atoms with E-state index in [-0.39, 0.29) is 5.97 Å². The van der Waals surface area contributed by atoms with Crippen LogP contribution in [0.15, 0.2) is 18.5 Å². The van der Waals surface area contributed by atoms with Crippen molar-refractivity contribution in [1.29, 1.82) is 0 Å². The van der Waals surface area contributed by atoms with Gasteiger partial charge in [-0.1, -0.05) is 13.8 Å². The van der Waals surface area contributed by atoms with Crippen LogP contribution in [0.25, 0.3) is 5.78 Å². The number of aromatic nitrogens is 4. The quantitative estimate of drug-likeness (QED) is 0.769. The van der Waals surface area contributed by atoms with Crippen LogP contribution in [0, 0.1) is 5.92 Å². The largest absolute Gasteiger partial charge is 0.465 e. The van der Waals surface area contributed by atoms with Gasteiger partial charge in [-0.05, 0) is 25.3 Å². The Morgan fingerprint density at radius 3 is 2.89 bits per heavy atom. The van der Waals surface area contributed by atoms with Gasteiger partial charge in [0.1, 0.15) is 5.92 Å². The van der Waals surface area contributed by atoms with Crippen LogP contribution >= 0.6 is 0 Å². The van der Waals surface area contributed by atoms with Crippen LogP contribution in [0.5, 0.6) is 0 Å². The molecule has 19 heavy (non-hydrogen) atoms. The summed E-state index contributed by atoms with van der Waals surface area (Å²) in [5, 5.41) is 8.09. The van der Waals surface area contributed by atoms with E-state index in [0.717, 1.165) is 0 Å². The molecule has 0 aliphatic rings. The van der Waals surface area contributed by atoms with Crippen molar-refractivity contribution in [3.63, 3.8) is 0 Å². The molecule has 0 aliphatic carbocycles. The van der Waals surface area contributed by atoms with Crippen LogP contribution in [0.1, 0.15) is 38.9 Å². The van der Waals surface area contributed by atoms with E-state index in [4.69, 9.17) is 4.74 Å². The van der Waals surface area contributed by atoms with Crippen LogP contribution in [-0.4, -0.2) is 32.2 Å². The number of carbonyl (C=O) groups excluding carboxylic acids is 1. The molecule has 2 aromatic rings. The van der Waals surface area contributed by atoms with Gasteiger partial charge in [-0.3, -0.25) is 9.20 Å². The molecule has 2 aromatic heterocycles. The maximum absolute atomic E-state index is 12.1. The number of rotatable bonds is 5. The lowest BCUT2D eigenvalue weighted by molar-refractivity contribution is -0.145. The standard InChI is InChI=1S/C13H18N4O2/c1-4-19-12(18)10(8-9(2)3)11-15-16-13-14-6-5-7-17(11)13/h5-7,9-10H,4,8H2,1-3H3. The highest BCUT2D eigenvalue weighted by atomic mass is 16.5. The van der Waals surface area contributed by atoms with E-state index in [2.05, 4.69) is 29.0 Å². The summed E-state index contributed by atoms with van der Waals surface area (Å²) >= 11 is 0. The lowest BCUT2D eigenvalue weighted by Crippen LogP contribution is -2.20. The van der Waals surface area contributed by atoms with E-state index in [0.29, 0.717) is 30.5 Å². The Balaban J connectivity index is 2.39. The molecule has 0 radical (unpaired) electrons. The molecule has 102 valence electrons. The van der Waals surface area contributed by atoms with Gasteiger partial charge in [0, 0.05) is 12.4 Å². The third-order valence-electron chi connectivity index (χ3n) is 2.81. The second-order valence-corrected chi connectivity index (χ2v) is 4.78. The molecule has 0 bridgehead atoms. The number of hydrogen-bond acceptors (Lipinski definition) is 5. The van der Waals surface area contributed by atoms with Crippen molar-refractivity contribution in [2.75, 3.05) is 6.61 Å². The topological polar surface area (TPSA) is 69.4 Å². The molecular weight excluding hydrogens is 244 g/mol. The summed E-state index contributed by atoms with van der Waals surface area (Å²) in [6.45, 7) is 6.29. The van der Waals surface area contributed by atoms with Crippen molar-refractivity contribution in [2.45, 2.75) is 33.1 Å². The first-order valence-electron chi connectivity index (χ1n) is 6.45. The normalized spacial score (nSPS) is 12.8. The molecular formula is C13H18N4O2. The van der Waals surface area contributed by atoms with Crippen LogP contribution < -0.4 is 0 Å². The summed E-state index contributed by atoms with van der Waals surface area (Å²) < 4.78 is 6.88. The number of hydrogen-bond donors (Lipinski definition) is 0. The van der Waals surface area contributed by atoms with Gasteiger partial charge in [0.15, 0.2) is 5.82 Å². The van der Waals surface area contributed by atoms with E-state index >= 15 is 0 Å². The molecule has 6 nitrogen and oxygen atoms in total. The van der Waals surface area contributed by atoms with Crippen LogP contribution in [0.3, 0.4) is 0 Å². The number of carbonyl (C=O) groups is 1. The molecule has 0 aliphatic heterocycles. The van der Waals surface area contributed by atoms with Crippen LogP contribution in [0.2, 0.25) is 0 Å². The minimum atomic E-state index is -0.404. The van der Waals surface area contributed by atoms with E-state index in [1.54, 1.807) is 23.6 Å². The zero-order valence-corrected chi connectivity index (χ0v) is 11.4. The molecule has 0 fully saturated rings. The third-order valence-corrected chi connectivity index (χ3v) is 2.81. The predicted octanol–water partition coefficient (Wildman–Crippen LogP) is 1.82. The van der Waals surface area contributed by atoms with Gasteiger partial charge in [0.05, 0.1) is 6.61 Å². The lowest BCUT2D eigenvalue weighted by Gasteiger charge is -2.15. The Bertz CT molecular complexity index is 565. The second-order valence-electron chi connectivity index (χ2n) is 4.78. The summed E-state index contributed by atoms with van der Waals surface area (Å²) in [7, 11) is 0. The van der Waals surface area contributed by atoms with E-state index < -0.39 is 5.92 Å². The Kier molecular flexibility index (Phi) is 4.09. The van der Waals surface area contributed by atoms with Gasteiger partial charge in [-0.2, -0.15) is 0 Å².